The molecule has 2 rings (SSSR count). The molecule has 0 spiro atoms. The van der Waals surface area contributed by atoms with Crippen LogP contribution in [0.4, 0.5) is 5.82 Å². The molecule has 0 radical (unpaired) electrons. The Kier molecular flexibility index (Phi) is 4.52. The SMILES string of the molecule is CCNc1ccc(Cl)c(C(=O)NC(C)c2ncn[nH]2)n1. The fourth-order valence-electron chi connectivity index (χ4n) is 1.64. The first-order valence-corrected chi connectivity index (χ1v) is 6.56. The third-order valence-corrected chi connectivity index (χ3v) is 2.92. The Morgan fingerprint density at radius 2 is 2.30 bits per heavy atom. The van der Waals surface area contributed by atoms with E-state index in [1.165, 1.54) is 6.33 Å². The average molecular weight is 295 g/mol. The Balaban J connectivity index is 2.14. The van der Waals surface area contributed by atoms with Gasteiger partial charge in [-0.2, -0.15) is 5.10 Å². The number of anilines is 1. The van der Waals surface area contributed by atoms with Gasteiger partial charge in [0.2, 0.25) is 0 Å². The number of pyridine rings is 1. The zero-order chi connectivity index (χ0) is 14.5. The van der Waals surface area contributed by atoms with Gasteiger partial charge in [0.05, 0.1) is 11.1 Å². The van der Waals surface area contributed by atoms with Crippen molar-refractivity contribution in [1.82, 2.24) is 25.5 Å². The normalized spacial score (nSPS) is 11.9. The maximum absolute atomic E-state index is 12.2. The Hall–Kier alpha value is -2.15. The van der Waals surface area contributed by atoms with E-state index in [0.717, 1.165) is 0 Å². The predicted molar refractivity (Wildman–Crippen MR) is 75.7 cm³/mol. The van der Waals surface area contributed by atoms with Crippen LogP contribution in [0.3, 0.4) is 0 Å². The molecule has 0 aliphatic rings. The summed E-state index contributed by atoms with van der Waals surface area (Å²) in [6, 6.07) is 3.05. The monoisotopic (exact) mass is 294 g/mol. The van der Waals surface area contributed by atoms with Crippen LogP contribution in [0.25, 0.3) is 0 Å². The van der Waals surface area contributed by atoms with Crippen LogP contribution in [-0.4, -0.2) is 32.6 Å². The lowest BCUT2D eigenvalue weighted by Gasteiger charge is -2.12. The minimum atomic E-state index is -0.362. The molecule has 0 aliphatic heterocycles. The van der Waals surface area contributed by atoms with Crippen LogP contribution >= 0.6 is 11.6 Å². The summed E-state index contributed by atoms with van der Waals surface area (Å²) in [6.07, 6.45) is 1.38. The number of aromatic nitrogens is 4. The molecule has 0 saturated heterocycles. The topological polar surface area (TPSA) is 95.6 Å². The van der Waals surface area contributed by atoms with Gasteiger partial charge in [-0.1, -0.05) is 11.6 Å². The average Bonchev–Trinajstić information content (AvgIpc) is 2.95. The second-order valence-corrected chi connectivity index (χ2v) is 4.53. The van der Waals surface area contributed by atoms with Gasteiger partial charge >= 0.3 is 0 Å². The zero-order valence-corrected chi connectivity index (χ0v) is 11.9. The molecule has 2 aromatic heterocycles. The van der Waals surface area contributed by atoms with Crippen molar-refractivity contribution in [3.8, 4) is 0 Å². The summed E-state index contributed by atoms with van der Waals surface area (Å²) < 4.78 is 0. The van der Waals surface area contributed by atoms with Crippen molar-refractivity contribution >= 4 is 23.3 Å². The fraction of sp³-hybridized carbons (Fsp3) is 0.333. The lowest BCUT2D eigenvalue weighted by Crippen LogP contribution is -2.28. The summed E-state index contributed by atoms with van der Waals surface area (Å²) in [7, 11) is 0. The fourth-order valence-corrected chi connectivity index (χ4v) is 1.83. The van der Waals surface area contributed by atoms with Crippen molar-refractivity contribution in [3.63, 3.8) is 0 Å². The highest BCUT2D eigenvalue weighted by Crippen LogP contribution is 2.17. The number of nitrogens with zero attached hydrogens (tertiary/aromatic N) is 3. The number of amides is 1. The number of carbonyl (C=O) groups is 1. The van der Waals surface area contributed by atoms with Crippen molar-refractivity contribution in [3.05, 3.63) is 35.0 Å². The highest BCUT2D eigenvalue weighted by molar-refractivity contribution is 6.33. The third-order valence-electron chi connectivity index (χ3n) is 2.61. The van der Waals surface area contributed by atoms with Crippen LogP contribution in [0.5, 0.6) is 0 Å². The molecule has 8 heteroatoms. The molecular weight excluding hydrogens is 280 g/mol. The second-order valence-electron chi connectivity index (χ2n) is 4.12. The first-order chi connectivity index (χ1) is 9.61. The first-order valence-electron chi connectivity index (χ1n) is 6.18. The van der Waals surface area contributed by atoms with Crippen molar-refractivity contribution in [2.45, 2.75) is 19.9 Å². The van der Waals surface area contributed by atoms with Crippen LogP contribution < -0.4 is 10.6 Å². The number of rotatable bonds is 5. The Morgan fingerprint density at radius 3 is 2.95 bits per heavy atom. The van der Waals surface area contributed by atoms with Gasteiger partial charge in [-0.3, -0.25) is 9.89 Å². The van der Waals surface area contributed by atoms with Crippen LogP contribution in [0.1, 0.15) is 36.2 Å². The minimum absolute atomic E-state index is 0.177. The van der Waals surface area contributed by atoms with E-state index in [4.69, 9.17) is 11.6 Å². The van der Waals surface area contributed by atoms with Crippen molar-refractivity contribution < 1.29 is 4.79 Å². The smallest absolute Gasteiger partial charge is 0.272 e. The van der Waals surface area contributed by atoms with E-state index < -0.39 is 0 Å². The molecule has 0 fully saturated rings. The van der Waals surface area contributed by atoms with E-state index in [9.17, 15) is 4.79 Å². The quantitative estimate of drug-likeness (QED) is 0.781. The van der Waals surface area contributed by atoms with Gasteiger partial charge in [-0.05, 0) is 26.0 Å². The molecular formula is C12H15ClN6O. The zero-order valence-electron chi connectivity index (χ0n) is 11.1. The van der Waals surface area contributed by atoms with Gasteiger partial charge in [-0.25, -0.2) is 9.97 Å². The Bertz CT molecular complexity index is 586. The van der Waals surface area contributed by atoms with Crippen LogP contribution in [0, 0.1) is 0 Å². The van der Waals surface area contributed by atoms with E-state index >= 15 is 0 Å². The molecule has 0 aliphatic carbocycles. The standard InChI is InChI=1S/C12H15ClN6O/c1-3-14-9-5-4-8(13)10(18-9)12(20)17-7(2)11-15-6-16-19-11/h4-7H,3H2,1-2H3,(H,14,18)(H,17,20)(H,15,16,19). The number of hydrogen-bond donors (Lipinski definition) is 3. The van der Waals surface area contributed by atoms with Crippen LogP contribution in [0.2, 0.25) is 5.02 Å². The molecule has 2 aromatic rings. The minimum Gasteiger partial charge on any atom is -0.370 e. The molecule has 0 saturated carbocycles. The summed E-state index contributed by atoms with van der Waals surface area (Å²) in [6.45, 7) is 4.45. The number of H-pyrrole nitrogens is 1. The summed E-state index contributed by atoms with van der Waals surface area (Å²) in [5, 5.41) is 12.5. The van der Waals surface area contributed by atoms with Gasteiger partial charge in [0, 0.05) is 6.54 Å². The molecule has 3 N–H and O–H groups in total. The maximum atomic E-state index is 12.2. The van der Waals surface area contributed by atoms with Gasteiger partial charge in [0.25, 0.3) is 5.91 Å². The third kappa shape index (κ3) is 3.24. The summed E-state index contributed by atoms with van der Waals surface area (Å²) in [4.78, 5) is 20.4. The number of carbonyl (C=O) groups excluding carboxylic acids is 1. The van der Waals surface area contributed by atoms with Gasteiger partial charge in [0.1, 0.15) is 23.7 Å². The molecule has 0 bridgehead atoms. The van der Waals surface area contributed by atoms with Crippen molar-refractivity contribution in [2.24, 2.45) is 0 Å². The number of halogens is 1. The number of aromatic amines is 1. The molecule has 2 heterocycles. The predicted octanol–water partition coefficient (Wildman–Crippen LogP) is 1.78. The molecule has 7 nitrogen and oxygen atoms in total. The summed E-state index contributed by atoms with van der Waals surface area (Å²) in [5.41, 5.74) is 0.177. The molecule has 1 amide bonds. The molecule has 1 atom stereocenters. The highest BCUT2D eigenvalue weighted by atomic mass is 35.5. The van der Waals surface area contributed by atoms with Crippen molar-refractivity contribution in [2.75, 3.05) is 11.9 Å². The molecule has 106 valence electrons. The summed E-state index contributed by atoms with van der Waals surface area (Å²) >= 11 is 6.01. The first kappa shape index (κ1) is 14.3. The van der Waals surface area contributed by atoms with E-state index in [-0.39, 0.29) is 17.6 Å². The van der Waals surface area contributed by atoms with Gasteiger partial charge in [-0.15, -0.1) is 0 Å². The highest BCUT2D eigenvalue weighted by Gasteiger charge is 2.17. The lowest BCUT2D eigenvalue weighted by atomic mass is 10.2. The molecule has 20 heavy (non-hydrogen) atoms. The molecule has 0 aromatic carbocycles. The Labute approximate surface area is 121 Å². The number of nitrogens with one attached hydrogen (secondary N) is 3. The largest absolute Gasteiger partial charge is 0.370 e. The number of hydrogen-bond acceptors (Lipinski definition) is 5. The molecule has 1 unspecified atom stereocenters. The van der Waals surface area contributed by atoms with E-state index in [2.05, 4.69) is 30.8 Å². The Morgan fingerprint density at radius 1 is 1.50 bits per heavy atom. The van der Waals surface area contributed by atoms with Crippen LogP contribution in [-0.2, 0) is 0 Å². The van der Waals surface area contributed by atoms with Gasteiger partial charge in [0.15, 0.2) is 0 Å². The second kappa shape index (κ2) is 6.33. The lowest BCUT2D eigenvalue weighted by molar-refractivity contribution is 0.0933. The van der Waals surface area contributed by atoms with E-state index in [0.29, 0.717) is 23.2 Å². The summed E-state index contributed by atoms with van der Waals surface area (Å²) in [5.74, 6) is 0.810. The maximum Gasteiger partial charge on any atom is 0.272 e. The van der Waals surface area contributed by atoms with E-state index in [1.54, 1.807) is 19.1 Å². The van der Waals surface area contributed by atoms with Crippen molar-refractivity contribution in [1.29, 1.82) is 0 Å². The van der Waals surface area contributed by atoms with Crippen LogP contribution in [0.15, 0.2) is 18.5 Å². The van der Waals surface area contributed by atoms with E-state index in [1.807, 2.05) is 6.92 Å². The van der Waals surface area contributed by atoms with Gasteiger partial charge < -0.3 is 10.6 Å².